The van der Waals surface area contributed by atoms with Crippen LogP contribution in [0.3, 0.4) is 0 Å². The number of hydrogen-bond acceptors (Lipinski definition) is 1. The van der Waals surface area contributed by atoms with Crippen molar-refractivity contribution in [3.05, 3.63) is 12.2 Å². The molecule has 1 heteroatoms. The van der Waals surface area contributed by atoms with Crippen molar-refractivity contribution >= 4 is 5.78 Å². The highest BCUT2D eigenvalue weighted by Gasteiger charge is 2.36. The second-order valence-corrected chi connectivity index (χ2v) is 5.17. The number of allylic oxidation sites excluding steroid dienone is 1. The van der Waals surface area contributed by atoms with Gasteiger partial charge in [-0.3, -0.25) is 4.79 Å². The quantitative estimate of drug-likeness (QED) is 0.635. The molecule has 0 aromatic rings. The lowest BCUT2D eigenvalue weighted by molar-refractivity contribution is -0.131. The Hall–Kier alpha value is -0.590. The van der Waals surface area contributed by atoms with E-state index in [-0.39, 0.29) is 5.41 Å². The summed E-state index contributed by atoms with van der Waals surface area (Å²) in [4.78, 5) is 12.4. The van der Waals surface area contributed by atoms with E-state index in [4.69, 9.17) is 0 Å². The maximum absolute atomic E-state index is 12.4. The molecule has 1 atom stereocenters. The standard InChI is InChI=1S/C14H24O/c1-5-14(4,11(2)3)13(15)12-9-7-6-8-10-12/h12H,2,5-10H2,1,3-4H3. The molecule has 1 saturated carbocycles. The van der Waals surface area contributed by atoms with E-state index in [9.17, 15) is 4.79 Å². The van der Waals surface area contributed by atoms with E-state index >= 15 is 0 Å². The molecule has 0 aliphatic heterocycles. The van der Waals surface area contributed by atoms with Crippen molar-refractivity contribution in [3.8, 4) is 0 Å². The van der Waals surface area contributed by atoms with E-state index in [2.05, 4.69) is 20.4 Å². The van der Waals surface area contributed by atoms with Gasteiger partial charge in [0.05, 0.1) is 0 Å². The average Bonchev–Trinajstić information content (AvgIpc) is 2.28. The summed E-state index contributed by atoms with van der Waals surface area (Å²) in [5, 5.41) is 0. The minimum atomic E-state index is -0.276. The molecule has 0 bridgehead atoms. The lowest BCUT2D eigenvalue weighted by atomic mass is 9.69. The van der Waals surface area contributed by atoms with Gasteiger partial charge in [-0.15, -0.1) is 0 Å². The zero-order chi connectivity index (χ0) is 11.5. The summed E-state index contributed by atoms with van der Waals surface area (Å²) in [6.45, 7) is 10.1. The molecule has 1 aliphatic rings. The van der Waals surface area contributed by atoms with E-state index < -0.39 is 0 Å². The van der Waals surface area contributed by atoms with Crippen molar-refractivity contribution in [2.24, 2.45) is 11.3 Å². The fraction of sp³-hybridized carbons (Fsp3) is 0.786. The third-order valence-electron chi connectivity index (χ3n) is 4.17. The first-order chi connectivity index (χ1) is 7.02. The molecular formula is C14H24O. The SMILES string of the molecule is C=C(C)C(C)(CC)C(=O)C1CCCCC1. The van der Waals surface area contributed by atoms with Gasteiger partial charge in [-0.2, -0.15) is 0 Å². The maximum atomic E-state index is 12.4. The van der Waals surface area contributed by atoms with Crippen LogP contribution in [0.2, 0.25) is 0 Å². The zero-order valence-electron chi connectivity index (χ0n) is 10.4. The Balaban J connectivity index is 2.75. The molecule has 1 fully saturated rings. The van der Waals surface area contributed by atoms with Gasteiger partial charge >= 0.3 is 0 Å². The van der Waals surface area contributed by atoms with Crippen LogP contribution >= 0.6 is 0 Å². The Bertz CT molecular complexity index is 248. The van der Waals surface area contributed by atoms with Crippen LogP contribution in [0.15, 0.2) is 12.2 Å². The zero-order valence-corrected chi connectivity index (χ0v) is 10.4. The molecule has 0 radical (unpaired) electrons. The number of carbonyl (C=O) groups is 1. The van der Waals surface area contributed by atoms with Gasteiger partial charge in [0.2, 0.25) is 0 Å². The predicted octanol–water partition coefficient (Wildman–Crippen LogP) is 4.13. The van der Waals surface area contributed by atoms with Crippen molar-refractivity contribution in [1.82, 2.24) is 0 Å². The van der Waals surface area contributed by atoms with Crippen LogP contribution in [0.4, 0.5) is 0 Å². The molecule has 1 nitrogen and oxygen atoms in total. The normalized spacial score (nSPS) is 22.1. The van der Waals surface area contributed by atoms with Crippen molar-refractivity contribution in [2.45, 2.75) is 59.3 Å². The average molecular weight is 208 g/mol. The molecule has 15 heavy (non-hydrogen) atoms. The van der Waals surface area contributed by atoms with Crippen LogP contribution in [0.1, 0.15) is 59.3 Å². The second kappa shape index (κ2) is 4.96. The molecular weight excluding hydrogens is 184 g/mol. The van der Waals surface area contributed by atoms with Gasteiger partial charge < -0.3 is 0 Å². The summed E-state index contributed by atoms with van der Waals surface area (Å²) in [5.74, 6) is 0.748. The first-order valence-electron chi connectivity index (χ1n) is 6.22. The van der Waals surface area contributed by atoms with E-state index in [1.807, 2.05) is 6.92 Å². The number of rotatable bonds is 4. The van der Waals surface area contributed by atoms with Gasteiger partial charge in [0, 0.05) is 11.3 Å². The first kappa shape index (κ1) is 12.5. The fourth-order valence-corrected chi connectivity index (χ4v) is 2.50. The summed E-state index contributed by atoms with van der Waals surface area (Å²) in [5.41, 5.74) is 0.753. The van der Waals surface area contributed by atoms with Crippen molar-refractivity contribution in [1.29, 1.82) is 0 Å². The fourth-order valence-electron chi connectivity index (χ4n) is 2.50. The number of Topliss-reactive ketones (excluding diaryl/α,β-unsaturated/α-hetero) is 1. The lowest BCUT2D eigenvalue weighted by Gasteiger charge is -2.33. The van der Waals surface area contributed by atoms with Crippen molar-refractivity contribution in [3.63, 3.8) is 0 Å². The molecule has 1 aliphatic carbocycles. The van der Waals surface area contributed by atoms with Gasteiger partial charge in [-0.1, -0.05) is 38.3 Å². The molecule has 0 aromatic heterocycles. The molecule has 0 amide bonds. The molecule has 0 heterocycles. The number of hydrogen-bond donors (Lipinski definition) is 0. The summed E-state index contributed by atoms with van der Waals surface area (Å²) < 4.78 is 0. The van der Waals surface area contributed by atoms with Crippen LogP contribution < -0.4 is 0 Å². The smallest absolute Gasteiger partial charge is 0.145 e. The Labute approximate surface area is 93.9 Å². The highest BCUT2D eigenvalue weighted by atomic mass is 16.1. The summed E-state index contributed by atoms with van der Waals surface area (Å²) >= 11 is 0. The minimum Gasteiger partial charge on any atom is -0.298 e. The molecule has 0 saturated heterocycles. The van der Waals surface area contributed by atoms with Crippen LogP contribution in [-0.4, -0.2) is 5.78 Å². The molecule has 0 spiro atoms. The molecule has 1 unspecified atom stereocenters. The molecule has 1 rings (SSSR count). The lowest BCUT2D eigenvalue weighted by Crippen LogP contribution is -2.34. The largest absolute Gasteiger partial charge is 0.298 e. The van der Waals surface area contributed by atoms with Gasteiger partial charge in [-0.05, 0) is 33.1 Å². The minimum absolute atomic E-state index is 0.276. The Kier molecular flexibility index (Phi) is 4.12. The molecule has 0 aromatic carbocycles. The van der Waals surface area contributed by atoms with E-state index in [0.717, 1.165) is 24.8 Å². The van der Waals surface area contributed by atoms with Crippen LogP contribution in [0.25, 0.3) is 0 Å². The van der Waals surface area contributed by atoms with Crippen molar-refractivity contribution < 1.29 is 4.79 Å². The highest BCUT2D eigenvalue weighted by Crippen LogP contribution is 2.37. The van der Waals surface area contributed by atoms with Crippen LogP contribution in [0.5, 0.6) is 0 Å². The summed E-state index contributed by atoms with van der Waals surface area (Å²) in [6.07, 6.45) is 6.85. The Morgan fingerprint density at radius 1 is 1.33 bits per heavy atom. The number of carbonyl (C=O) groups excluding carboxylic acids is 1. The number of ketones is 1. The Morgan fingerprint density at radius 3 is 2.27 bits per heavy atom. The first-order valence-corrected chi connectivity index (χ1v) is 6.22. The maximum Gasteiger partial charge on any atom is 0.145 e. The van der Waals surface area contributed by atoms with E-state index in [0.29, 0.717) is 11.7 Å². The van der Waals surface area contributed by atoms with Crippen LogP contribution in [-0.2, 0) is 4.79 Å². The summed E-state index contributed by atoms with van der Waals surface area (Å²) in [6, 6.07) is 0. The van der Waals surface area contributed by atoms with Crippen LogP contribution in [0, 0.1) is 11.3 Å². The van der Waals surface area contributed by atoms with Gasteiger partial charge in [0.15, 0.2) is 0 Å². The second-order valence-electron chi connectivity index (χ2n) is 5.17. The van der Waals surface area contributed by atoms with E-state index in [1.165, 1.54) is 19.3 Å². The summed E-state index contributed by atoms with van der Waals surface area (Å²) in [7, 11) is 0. The van der Waals surface area contributed by atoms with E-state index in [1.54, 1.807) is 0 Å². The third-order valence-corrected chi connectivity index (χ3v) is 4.17. The topological polar surface area (TPSA) is 17.1 Å². The third kappa shape index (κ3) is 2.50. The molecule has 0 N–H and O–H groups in total. The van der Waals surface area contributed by atoms with Crippen molar-refractivity contribution in [2.75, 3.05) is 0 Å². The monoisotopic (exact) mass is 208 g/mol. The van der Waals surface area contributed by atoms with Gasteiger partial charge in [-0.25, -0.2) is 0 Å². The highest BCUT2D eigenvalue weighted by molar-refractivity contribution is 5.89. The van der Waals surface area contributed by atoms with Gasteiger partial charge in [0.25, 0.3) is 0 Å². The Morgan fingerprint density at radius 2 is 1.87 bits per heavy atom. The molecule has 86 valence electrons. The predicted molar refractivity (Wildman–Crippen MR) is 64.8 cm³/mol. The van der Waals surface area contributed by atoms with Gasteiger partial charge in [0.1, 0.15) is 5.78 Å².